The van der Waals surface area contributed by atoms with Crippen LogP contribution in [0, 0.1) is 0 Å². The first-order valence-electron chi connectivity index (χ1n) is 4.52. The van der Waals surface area contributed by atoms with Gasteiger partial charge in [-0.1, -0.05) is 19.9 Å². The van der Waals surface area contributed by atoms with Gasteiger partial charge in [-0.3, -0.25) is 4.90 Å². The second-order valence-corrected chi connectivity index (χ2v) is 2.64. The predicted molar refractivity (Wildman–Crippen MR) is 55.2 cm³/mol. The van der Waals surface area contributed by atoms with Gasteiger partial charge in [-0.25, -0.2) is 0 Å². The molecule has 2 nitrogen and oxygen atoms in total. The molecule has 0 saturated heterocycles. The lowest BCUT2D eigenvalue weighted by Gasteiger charge is -2.22. The van der Waals surface area contributed by atoms with E-state index in [0.29, 0.717) is 0 Å². The van der Waals surface area contributed by atoms with Crippen LogP contribution >= 0.6 is 0 Å². The van der Waals surface area contributed by atoms with E-state index in [1.807, 2.05) is 46.7 Å². The van der Waals surface area contributed by atoms with Crippen LogP contribution in [0.2, 0.25) is 0 Å². The van der Waals surface area contributed by atoms with Gasteiger partial charge in [-0.05, 0) is 27.9 Å². The summed E-state index contributed by atoms with van der Waals surface area (Å²) in [4.78, 5) is 2.01. The zero-order valence-corrected chi connectivity index (χ0v) is 9.29. The zero-order chi connectivity index (χ0) is 10.1. The highest BCUT2D eigenvalue weighted by molar-refractivity contribution is 4.75. The largest absolute Gasteiger partial charge is 0.356 e. The molecule has 0 aromatic heterocycles. The summed E-state index contributed by atoms with van der Waals surface area (Å²) < 4.78 is 5.47. The van der Waals surface area contributed by atoms with Gasteiger partial charge in [-0.15, -0.1) is 6.58 Å². The number of rotatable bonds is 4. The molecular weight excluding hydrogens is 150 g/mol. The third kappa shape index (κ3) is 7.76. The van der Waals surface area contributed by atoms with Crippen molar-refractivity contribution in [2.24, 2.45) is 0 Å². The molecule has 0 spiro atoms. The van der Waals surface area contributed by atoms with E-state index in [-0.39, 0.29) is 12.3 Å². The van der Waals surface area contributed by atoms with Gasteiger partial charge in [0.15, 0.2) is 0 Å². The lowest BCUT2D eigenvalue weighted by atomic mass is 10.4. The first-order valence-corrected chi connectivity index (χ1v) is 4.52. The molecule has 2 atom stereocenters. The lowest BCUT2D eigenvalue weighted by Crippen LogP contribution is -2.30. The highest BCUT2D eigenvalue weighted by atomic mass is 16.5. The van der Waals surface area contributed by atoms with E-state index in [9.17, 15) is 0 Å². The normalized spacial score (nSPS) is 14.6. The van der Waals surface area contributed by atoms with Crippen LogP contribution in [-0.4, -0.2) is 31.3 Å². The standard InChI is InChI=1S/C8H17NO.C2H6/c1-6-7(2)10-8(3)9(4)5;1-2/h6-8H,1H2,2-5H3;1-2H3. The van der Waals surface area contributed by atoms with Crippen LogP contribution in [0.25, 0.3) is 0 Å². The molecule has 2 heteroatoms. The predicted octanol–water partition coefficient (Wildman–Crippen LogP) is 2.51. The van der Waals surface area contributed by atoms with Crippen molar-refractivity contribution < 1.29 is 4.74 Å². The van der Waals surface area contributed by atoms with Crippen molar-refractivity contribution in [1.29, 1.82) is 0 Å². The van der Waals surface area contributed by atoms with Crippen LogP contribution in [-0.2, 0) is 4.74 Å². The molecule has 0 heterocycles. The molecule has 0 rings (SSSR count). The second-order valence-electron chi connectivity index (χ2n) is 2.64. The number of hydrogen-bond donors (Lipinski definition) is 0. The SMILES string of the molecule is C=CC(C)OC(C)N(C)C.CC. The first kappa shape index (κ1) is 14.2. The van der Waals surface area contributed by atoms with Crippen molar-refractivity contribution in [2.45, 2.75) is 40.0 Å². The maximum absolute atomic E-state index is 5.47. The van der Waals surface area contributed by atoms with Crippen molar-refractivity contribution in [2.75, 3.05) is 14.1 Å². The van der Waals surface area contributed by atoms with Crippen LogP contribution in [0.4, 0.5) is 0 Å². The van der Waals surface area contributed by atoms with Gasteiger partial charge in [0.25, 0.3) is 0 Å². The highest BCUT2D eigenvalue weighted by Crippen LogP contribution is 1.99. The topological polar surface area (TPSA) is 12.5 Å². The summed E-state index contributed by atoms with van der Waals surface area (Å²) in [5.74, 6) is 0. The first-order chi connectivity index (χ1) is 5.57. The molecule has 0 aliphatic rings. The van der Waals surface area contributed by atoms with E-state index < -0.39 is 0 Å². The van der Waals surface area contributed by atoms with E-state index in [1.54, 1.807) is 6.08 Å². The van der Waals surface area contributed by atoms with Crippen LogP contribution in [0.5, 0.6) is 0 Å². The average Bonchev–Trinajstić information content (AvgIpc) is 2.07. The summed E-state index contributed by atoms with van der Waals surface area (Å²) in [5.41, 5.74) is 0. The maximum atomic E-state index is 5.47. The summed E-state index contributed by atoms with van der Waals surface area (Å²) in [7, 11) is 3.97. The van der Waals surface area contributed by atoms with Crippen molar-refractivity contribution in [3.63, 3.8) is 0 Å². The van der Waals surface area contributed by atoms with Gasteiger partial charge in [0, 0.05) is 0 Å². The minimum Gasteiger partial charge on any atom is -0.356 e. The van der Waals surface area contributed by atoms with Gasteiger partial charge >= 0.3 is 0 Å². The molecule has 74 valence electrons. The zero-order valence-electron chi connectivity index (χ0n) is 9.29. The molecule has 12 heavy (non-hydrogen) atoms. The van der Waals surface area contributed by atoms with E-state index in [1.165, 1.54) is 0 Å². The third-order valence-electron chi connectivity index (χ3n) is 1.47. The fourth-order valence-electron chi connectivity index (χ4n) is 0.488. The van der Waals surface area contributed by atoms with E-state index in [0.717, 1.165) is 0 Å². The smallest absolute Gasteiger partial charge is 0.108 e. The quantitative estimate of drug-likeness (QED) is 0.478. The Morgan fingerprint density at radius 2 is 1.67 bits per heavy atom. The molecular formula is C10H23NO. The number of nitrogens with zero attached hydrogens (tertiary/aromatic N) is 1. The average molecular weight is 173 g/mol. The van der Waals surface area contributed by atoms with Gasteiger partial charge in [0.2, 0.25) is 0 Å². The van der Waals surface area contributed by atoms with Crippen LogP contribution in [0.1, 0.15) is 27.7 Å². The Labute approximate surface area is 77.2 Å². The maximum Gasteiger partial charge on any atom is 0.108 e. The highest BCUT2D eigenvalue weighted by Gasteiger charge is 2.06. The molecule has 0 radical (unpaired) electrons. The van der Waals surface area contributed by atoms with E-state index in [4.69, 9.17) is 4.74 Å². The van der Waals surface area contributed by atoms with Gasteiger partial charge < -0.3 is 4.74 Å². The molecule has 2 unspecified atom stereocenters. The summed E-state index contributed by atoms with van der Waals surface area (Å²) >= 11 is 0. The van der Waals surface area contributed by atoms with Crippen LogP contribution in [0.15, 0.2) is 12.7 Å². The Kier molecular flexibility index (Phi) is 10.4. The molecule has 0 amide bonds. The van der Waals surface area contributed by atoms with E-state index >= 15 is 0 Å². The fraction of sp³-hybridized carbons (Fsp3) is 0.800. The van der Waals surface area contributed by atoms with Crippen molar-refractivity contribution >= 4 is 0 Å². The fourth-order valence-corrected chi connectivity index (χ4v) is 0.488. The van der Waals surface area contributed by atoms with Gasteiger partial charge in [0.05, 0.1) is 6.10 Å². The molecule has 0 N–H and O–H groups in total. The van der Waals surface area contributed by atoms with E-state index in [2.05, 4.69) is 6.58 Å². The molecule has 0 aromatic carbocycles. The molecule has 0 aromatic rings. The Morgan fingerprint density at radius 3 is 1.92 bits per heavy atom. The Morgan fingerprint density at radius 1 is 1.25 bits per heavy atom. The number of ether oxygens (including phenoxy) is 1. The van der Waals surface area contributed by atoms with Crippen LogP contribution < -0.4 is 0 Å². The Hall–Kier alpha value is -0.340. The summed E-state index contributed by atoms with van der Waals surface area (Å²) in [6.45, 7) is 11.6. The van der Waals surface area contributed by atoms with Crippen molar-refractivity contribution in [3.8, 4) is 0 Å². The lowest BCUT2D eigenvalue weighted by molar-refractivity contribution is -0.0452. The van der Waals surface area contributed by atoms with Gasteiger partial charge in [-0.2, -0.15) is 0 Å². The monoisotopic (exact) mass is 173 g/mol. The van der Waals surface area contributed by atoms with Gasteiger partial charge in [0.1, 0.15) is 6.23 Å². The van der Waals surface area contributed by atoms with Crippen molar-refractivity contribution in [3.05, 3.63) is 12.7 Å². The summed E-state index contributed by atoms with van der Waals surface area (Å²) in [6.07, 6.45) is 2.09. The number of hydrogen-bond acceptors (Lipinski definition) is 2. The summed E-state index contributed by atoms with van der Waals surface area (Å²) in [6, 6.07) is 0. The molecule has 0 saturated carbocycles. The molecule has 0 fully saturated rings. The molecule has 0 aliphatic heterocycles. The minimum absolute atomic E-state index is 0.136. The molecule has 0 aliphatic carbocycles. The minimum atomic E-state index is 0.136. The Balaban J connectivity index is 0. The second kappa shape index (κ2) is 8.75. The van der Waals surface area contributed by atoms with Crippen molar-refractivity contribution in [1.82, 2.24) is 4.90 Å². The molecule has 0 bridgehead atoms. The van der Waals surface area contributed by atoms with Crippen LogP contribution in [0.3, 0.4) is 0 Å². The summed E-state index contributed by atoms with van der Waals surface area (Å²) in [5, 5.41) is 0. The third-order valence-corrected chi connectivity index (χ3v) is 1.47. The Bertz CT molecular complexity index is 102.